The summed E-state index contributed by atoms with van der Waals surface area (Å²) in [6.45, 7) is 2.03. The quantitative estimate of drug-likeness (QED) is 0.455. The Hall–Kier alpha value is -4.19. The van der Waals surface area contributed by atoms with Crippen molar-refractivity contribution in [1.29, 1.82) is 0 Å². The van der Waals surface area contributed by atoms with E-state index in [9.17, 15) is 9.59 Å². The first kappa shape index (κ1) is 21.1. The number of carbonyl (C=O) groups is 2. The molecule has 1 aromatic heterocycles. The number of hydrogen-bond acceptors (Lipinski definition) is 4. The summed E-state index contributed by atoms with van der Waals surface area (Å²) < 4.78 is 5.95. The Bertz CT molecular complexity index is 1240. The van der Waals surface area contributed by atoms with Crippen molar-refractivity contribution < 1.29 is 14.3 Å². The van der Waals surface area contributed by atoms with Gasteiger partial charge >= 0.3 is 0 Å². The average molecular weight is 425 g/mol. The van der Waals surface area contributed by atoms with Crippen LogP contribution in [0.1, 0.15) is 22.8 Å². The van der Waals surface area contributed by atoms with Crippen molar-refractivity contribution in [2.75, 3.05) is 5.32 Å². The summed E-state index contributed by atoms with van der Waals surface area (Å²) in [6, 6.07) is 24.1. The molecule has 0 bridgehead atoms. The van der Waals surface area contributed by atoms with E-state index in [2.05, 4.69) is 15.6 Å². The number of nitrogens with one attached hydrogen (secondary N) is 2. The van der Waals surface area contributed by atoms with Gasteiger partial charge in [-0.25, -0.2) is 0 Å². The van der Waals surface area contributed by atoms with Gasteiger partial charge in [-0.3, -0.25) is 14.6 Å². The summed E-state index contributed by atoms with van der Waals surface area (Å²) in [5.74, 6) is 0.00562. The lowest BCUT2D eigenvalue weighted by atomic mass is 10.1. The molecule has 160 valence electrons. The van der Waals surface area contributed by atoms with Gasteiger partial charge in [-0.1, -0.05) is 54.6 Å². The number of aromatic nitrogens is 1. The first-order valence-corrected chi connectivity index (χ1v) is 10.3. The molecule has 4 aromatic rings. The number of para-hydroxylation sites is 1. The van der Waals surface area contributed by atoms with E-state index in [-0.39, 0.29) is 11.8 Å². The number of fused-ring (bicyclic) bond motifs is 1. The molecule has 0 spiro atoms. The topological polar surface area (TPSA) is 80.3 Å². The van der Waals surface area contributed by atoms with E-state index in [0.717, 1.165) is 16.3 Å². The standard InChI is InChI=1S/C26H23N3O3/c1-18(32-24-14-6-10-20-9-2-3-11-21(20)24)25(30)29-23-13-5-4-12-22(23)26(31)28-17-19-8-7-15-27-16-19/h2-16,18H,17H2,1H3,(H,28,31)(H,29,30)/t18-/m1/s1. The van der Waals surface area contributed by atoms with Crippen LogP contribution in [0.5, 0.6) is 5.75 Å². The minimum Gasteiger partial charge on any atom is -0.480 e. The van der Waals surface area contributed by atoms with Gasteiger partial charge in [0.2, 0.25) is 0 Å². The van der Waals surface area contributed by atoms with E-state index in [4.69, 9.17) is 4.74 Å². The van der Waals surface area contributed by atoms with Gasteiger partial charge < -0.3 is 15.4 Å². The Labute approximate surface area is 186 Å². The van der Waals surface area contributed by atoms with Crippen LogP contribution in [0.2, 0.25) is 0 Å². The van der Waals surface area contributed by atoms with Gasteiger partial charge in [-0.15, -0.1) is 0 Å². The van der Waals surface area contributed by atoms with E-state index in [0.29, 0.717) is 23.5 Å². The van der Waals surface area contributed by atoms with E-state index in [1.54, 1.807) is 43.6 Å². The highest BCUT2D eigenvalue weighted by Gasteiger charge is 2.19. The van der Waals surface area contributed by atoms with Crippen molar-refractivity contribution in [2.45, 2.75) is 19.6 Å². The second kappa shape index (κ2) is 9.75. The van der Waals surface area contributed by atoms with Crippen LogP contribution in [0, 0.1) is 0 Å². The third kappa shape index (κ3) is 4.92. The minimum absolute atomic E-state index is 0.285. The molecule has 1 heterocycles. The maximum atomic E-state index is 12.8. The van der Waals surface area contributed by atoms with Crippen LogP contribution >= 0.6 is 0 Å². The molecular weight excluding hydrogens is 402 g/mol. The van der Waals surface area contributed by atoms with E-state index >= 15 is 0 Å². The van der Waals surface area contributed by atoms with Crippen LogP contribution < -0.4 is 15.4 Å². The lowest BCUT2D eigenvalue weighted by Crippen LogP contribution is -2.31. The first-order valence-electron chi connectivity index (χ1n) is 10.3. The monoisotopic (exact) mass is 425 g/mol. The SMILES string of the molecule is C[C@@H](Oc1cccc2ccccc12)C(=O)Nc1ccccc1C(=O)NCc1cccnc1. The predicted molar refractivity (Wildman–Crippen MR) is 125 cm³/mol. The molecule has 0 unspecified atom stereocenters. The van der Waals surface area contributed by atoms with Crippen molar-refractivity contribution in [1.82, 2.24) is 10.3 Å². The molecule has 0 aliphatic carbocycles. The maximum absolute atomic E-state index is 12.8. The largest absolute Gasteiger partial charge is 0.480 e. The highest BCUT2D eigenvalue weighted by atomic mass is 16.5. The van der Waals surface area contributed by atoms with Gasteiger partial charge in [0.15, 0.2) is 6.10 Å². The van der Waals surface area contributed by atoms with Crippen LogP contribution in [0.3, 0.4) is 0 Å². The van der Waals surface area contributed by atoms with Crippen LogP contribution in [0.15, 0.2) is 91.3 Å². The molecule has 4 rings (SSSR count). The van der Waals surface area contributed by atoms with E-state index in [1.165, 1.54) is 0 Å². The summed E-state index contributed by atoms with van der Waals surface area (Å²) in [6.07, 6.45) is 2.62. The number of carbonyl (C=O) groups excluding carboxylic acids is 2. The number of hydrogen-bond donors (Lipinski definition) is 2. The fraction of sp³-hybridized carbons (Fsp3) is 0.115. The van der Waals surface area contributed by atoms with Gasteiger partial charge in [0.1, 0.15) is 5.75 Å². The summed E-state index contributed by atoms with van der Waals surface area (Å²) in [5, 5.41) is 7.65. The Balaban J connectivity index is 1.44. The fourth-order valence-corrected chi connectivity index (χ4v) is 3.35. The molecule has 32 heavy (non-hydrogen) atoms. The molecule has 1 atom stereocenters. The smallest absolute Gasteiger partial charge is 0.265 e. The van der Waals surface area contributed by atoms with E-state index < -0.39 is 6.10 Å². The van der Waals surface area contributed by atoms with Crippen LogP contribution in [-0.2, 0) is 11.3 Å². The summed E-state index contributed by atoms with van der Waals surface area (Å²) >= 11 is 0. The summed E-state index contributed by atoms with van der Waals surface area (Å²) in [7, 11) is 0. The Morgan fingerprint density at radius 1 is 0.938 bits per heavy atom. The molecule has 0 saturated carbocycles. The number of anilines is 1. The molecule has 3 aromatic carbocycles. The number of ether oxygens (including phenoxy) is 1. The number of rotatable bonds is 7. The highest BCUT2D eigenvalue weighted by molar-refractivity contribution is 6.04. The summed E-state index contributed by atoms with van der Waals surface area (Å²) in [4.78, 5) is 29.6. The number of amides is 2. The van der Waals surface area contributed by atoms with Gasteiger partial charge in [0.05, 0.1) is 11.3 Å². The minimum atomic E-state index is -0.757. The first-order chi connectivity index (χ1) is 15.6. The average Bonchev–Trinajstić information content (AvgIpc) is 2.83. The Morgan fingerprint density at radius 2 is 1.72 bits per heavy atom. The molecule has 6 nitrogen and oxygen atoms in total. The Morgan fingerprint density at radius 3 is 2.56 bits per heavy atom. The number of benzene rings is 3. The molecule has 2 N–H and O–H groups in total. The molecular formula is C26H23N3O3. The molecule has 0 fully saturated rings. The third-order valence-corrected chi connectivity index (χ3v) is 5.03. The zero-order chi connectivity index (χ0) is 22.3. The van der Waals surface area contributed by atoms with Crippen molar-refractivity contribution in [2.24, 2.45) is 0 Å². The maximum Gasteiger partial charge on any atom is 0.265 e. The number of pyridine rings is 1. The fourth-order valence-electron chi connectivity index (χ4n) is 3.35. The molecule has 0 aliphatic rings. The van der Waals surface area contributed by atoms with E-state index in [1.807, 2.05) is 54.6 Å². The zero-order valence-corrected chi connectivity index (χ0v) is 17.6. The lowest BCUT2D eigenvalue weighted by molar-refractivity contribution is -0.122. The van der Waals surface area contributed by atoms with Gasteiger partial charge in [-0.05, 0) is 42.1 Å². The predicted octanol–water partition coefficient (Wildman–Crippen LogP) is 4.57. The van der Waals surface area contributed by atoms with Crippen molar-refractivity contribution >= 4 is 28.3 Å². The molecule has 0 saturated heterocycles. The van der Waals surface area contributed by atoms with Gasteiger partial charge in [0, 0.05) is 24.3 Å². The molecule has 2 amide bonds. The van der Waals surface area contributed by atoms with Crippen molar-refractivity contribution in [3.63, 3.8) is 0 Å². The molecule has 6 heteroatoms. The Kier molecular flexibility index (Phi) is 6.41. The second-order valence-corrected chi connectivity index (χ2v) is 7.32. The zero-order valence-electron chi connectivity index (χ0n) is 17.6. The molecule has 0 aliphatic heterocycles. The highest BCUT2D eigenvalue weighted by Crippen LogP contribution is 2.26. The normalized spacial score (nSPS) is 11.5. The van der Waals surface area contributed by atoms with Gasteiger partial charge in [-0.2, -0.15) is 0 Å². The van der Waals surface area contributed by atoms with Crippen LogP contribution in [-0.4, -0.2) is 22.9 Å². The van der Waals surface area contributed by atoms with Gasteiger partial charge in [0.25, 0.3) is 11.8 Å². The summed E-state index contributed by atoms with van der Waals surface area (Å²) in [5.41, 5.74) is 1.69. The molecule has 0 radical (unpaired) electrons. The number of nitrogens with zero attached hydrogens (tertiary/aromatic N) is 1. The lowest BCUT2D eigenvalue weighted by Gasteiger charge is -2.17. The third-order valence-electron chi connectivity index (χ3n) is 5.03. The van der Waals surface area contributed by atoms with Crippen LogP contribution in [0.25, 0.3) is 10.8 Å². The van der Waals surface area contributed by atoms with Crippen LogP contribution in [0.4, 0.5) is 5.69 Å². The van der Waals surface area contributed by atoms with Crippen molar-refractivity contribution in [3.05, 3.63) is 102 Å². The van der Waals surface area contributed by atoms with Crippen molar-refractivity contribution in [3.8, 4) is 5.75 Å². The second-order valence-electron chi connectivity index (χ2n) is 7.32.